The van der Waals surface area contributed by atoms with Gasteiger partial charge in [-0.15, -0.1) is 0 Å². The smallest absolute Gasteiger partial charge is 0.247 e. The van der Waals surface area contributed by atoms with Crippen LogP contribution in [0.15, 0.2) is 30.3 Å². The molecule has 13 nitrogen and oxygen atoms in total. The Hall–Kier alpha value is -4.16. The standard InChI is InChI=1S/C31H50N8O5/c1-5-22-26(41)38-24(21-14-9-8-10-15-21)28(43)34-18-12-7-6-11-17-31(4,39-25(40)20(2)3)29(44)37-23(27(42)36-22)16-13-19-35-30(32)33/h8-10,14-15,20,22-24H,5-7,11-13,16-19H2,1-4H3,(H,34,43)(H,36,42)(H,37,44)(H,38,41)(H,39,40)(H4,32,33,35)/t22-,23+,24+,31+/m0/s1. The number of hydrogen-bond donors (Lipinski definition) is 8. The maximum atomic E-state index is 13.7. The lowest BCUT2D eigenvalue weighted by atomic mass is 9.91. The minimum atomic E-state index is -1.28. The first-order valence-electron chi connectivity index (χ1n) is 15.5. The van der Waals surface area contributed by atoms with E-state index in [1.807, 2.05) is 6.07 Å². The van der Waals surface area contributed by atoms with Gasteiger partial charge in [0.15, 0.2) is 5.96 Å². The SMILES string of the molecule is CC[C@@H]1NC(=O)[C@@H](CCCNC(=N)N)NC(=O)[C@](C)(NC(=O)C(C)C)CCCCCCNC(=O)[C@@H](c2ccccc2)NC1=O. The van der Waals surface area contributed by atoms with Crippen molar-refractivity contribution in [2.75, 3.05) is 13.1 Å². The van der Waals surface area contributed by atoms with Crippen LogP contribution in [0.2, 0.25) is 0 Å². The molecular weight excluding hydrogens is 564 g/mol. The molecule has 1 aromatic carbocycles. The number of nitrogens with one attached hydrogen (secondary N) is 7. The van der Waals surface area contributed by atoms with Crippen molar-refractivity contribution in [3.05, 3.63) is 35.9 Å². The lowest BCUT2D eigenvalue weighted by Gasteiger charge is -2.33. The van der Waals surface area contributed by atoms with Gasteiger partial charge in [-0.25, -0.2) is 0 Å². The molecule has 44 heavy (non-hydrogen) atoms. The maximum Gasteiger partial charge on any atom is 0.247 e. The molecule has 5 amide bonds. The first kappa shape index (κ1) is 36.0. The third-order valence-electron chi connectivity index (χ3n) is 7.66. The first-order chi connectivity index (χ1) is 20.9. The van der Waals surface area contributed by atoms with Crippen LogP contribution in [0.5, 0.6) is 0 Å². The first-order valence-corrected chi connectivity index (χ1v) is 15.5. The summed E-state index contributed by atoms with van der Waals surface area (Å²) in [5.74, 6) is -2.82. The van der Waals surface area contributed by atoms with Gasteiger partial charge in [0.25, 0.3) is 0 Å². The third-order valence-corrected chi connectivity index (χ3v) is 7.66. The summed E-state index contributed by atoms with van der Waals surface area (Å²) >= 11 is 0. The van der Waals surface area contributed by atoms with Crippen LogP contribution in [-0.4, -0.2) is 66.2 Å². The Morgan fingerprint density at radius 1 is 0.977 bits per heavy atom. The zero-order valence-corrected chi connectivity index (χ0v) is 26.4. The summed E-state index contributed by atoms with van der Waals surface area (Å²) in [6.45, 7) is 7.57. The molecule has 1 aliphatic rings. The summed E-state index contributed by atoms with van der Waals surface area (Å²) in [6, 6.07) is 5.92. The molecule has 1 fully saturated rings. The van der Waals surface area contributed by atoms with Crippen molar-refractivity contribution in [2.24, 2.45) is 11.7 Å². The van der Waals surface area contributed by atoms with Gasteiger partial charge in [0.2, 0.25) is 29.5 Å². The molecule has 0 spiro atoms. The number of hydrogen-bond acceptors (Lipinski definition) is 6. The Balaban J connectivity index is 2.38. The highest BCUT2D eigenvalue weighted by molar-refractivity contribution is 5.97. The van der Waals surface area contributed by atoms with E-state index >= 15 is 0 Å². The molecule has 0 unspecified atom stereocenters. The Morgan fingerprint density at radius 3 is 2.27 bits per heavy atom. The fourth-order valence-corrected chi connectivity index (χ4v) is 4.85. The second-order valence-electron chi connectivity index (χ2n) is 11.8. The number of nitrogens with two attached hydrogens (primary N) is 1. The van der Waals surface area contributed by atoms with E-state index in [9.17, 15) is 24.0 Å². The predicted octanol–water partition coefficient (Wildman–Crippen LogP) is 1.10. The van der Waals surface area contributed by atoms with Crippen molar-refractivity contribution in [1.82, 2.24) is 31.9 Å². The zero-order chi connectivity index (χ0) is 32.7. The molecule has 1 heterocycles. The van der Waals surface area contributed by atoms with E-state index in [0.29, 0.717) is 44.3 Å². The largest absolute Gasteiger partial charge is 0.370 e. The fourth-order valence-electron chi connectivity index (χ4n) is 4.85. The molecule has 2 rings (SSSR count). The van der Waals surface area contributed by atoms with Crippen LogP contribution in [-0.2, 0) is 24.0 Å². The van der Waals surface area contributed by atoms with Gasteiger partial charge in [-0.1, -0.05) is 70.4 Å². The monoisotopic (exact) mass is 614 g/mol. The number of amides is 5. The van der Waals surface area contributed by atoms with Crippen molar-refractivity contribution in [3.63, 3.8) is 0 Å². The van der Waals surface area contributed by atoms with E-state index in [-0.39, 0.29) is 36.5 Å². The summed E-state index contributed by atoms with van der Waals surface area (Å²) in [7, 11) is 0. The van der Waals surface area contributed by atoms with Crippen molar-refractivity contribution < 1.29 is 24.0 Å². The molecule has 9 N–H and O–H groups in total. The van der Waals surface area contributed by atoms with Gasteiger partial charge < -0.3 is 37.6 Å². The van der Waals surface area contributed by atoms with Crippen molar-refractivity contribution in [3.8, 4) is 0 Å². The summed E-state index contributed by atoms with van der Waals surface area (Å²) < 4.78 is 0. The van der Waals surface area contributed by atoms with Crippen LogP contribution >= 0.6 is 0 Å². The van der Waals surface area contributed by atoms with Gasteiger partial charge in [0.05, 0.1) is 0 Å². The Morgan fingerprint density at radius 2 is 1.64 bits per heavy atom. The molecule has 1 aliphatic heterocycles. The minimum absolute atomic E-state index is 0.180. The van der Waals surface area contributed by atoms with E-state index in [1.54, 1.807) is 52.0 Å². The summed E-state index contributed by atoms with van der Waals surface area (Å²) in [5.41, 5.74) is 4.71. The highest BCUT2D eigenvalue weighted by Crippen LogP contribution is 2.19. The molecule has 244 valence electrons. The van der Waals surface area contributed by atoms with Crippen molar-refractivity contribution >= 4 is 35.5 Å². The molecule has 0 bridgehead atoms. The number of guanidine groups is 1. The summed E-state index contributed by atoms with van der Waals surface area (Å²) in [5, 5.41) is 24.2. The van der Waals surface area contributed by atoms with Gasteiger partial charge in [-0.3, -0.25) is 29.4 Å². The van der Waals surface area contributed by atoms with Crippen LogP contribution in [0.4, 0.5) is 0 Å². The molecular formula is C31H50N8O5. The highest BCUT2D eigenvalue weighted by atomic mass is 16.2. The van der Waals surface area contributed by atoms with Crippen LogP contribution in [0.3, 0.4) is 0 Å². The van der Waals surface area contributed by atoms with E-state index in [1.165, 1.54) is 0 Å². The zero-order valence-electron chi connectivity index (χ0n) is 26.4. The quantitative estimate of drug-likeness (QED) is 0.121. The molecule has 13 heteroatoms. The lowest BCUT2D eigenvalue weighted by molar-refractivity contribution is -0.137. The number of carbonyl (C=O) groups excluding carboxylic acids is 5. The highest BCUT2D eigenvalue weighted by Gasteiger charge is 2.38. The lowest BCUT2D eigenvalue weighted by Crippen LogP contribution is -2.62. The van der Waals surface area contributed by atoms with E-state index in [0.717, 1.165) is 12.8 Å². The van der Waals surface area contributed by atoms with Crippen LogP contribution in [0.1, 0.15) is 90.7 Å². The maximum absolute atomic E-state index is 13.7. The van der Waals surface area contributed by atoms with E-state index in [2.05, 4.69) is 31.9 Å². The molecule has 0 aromatic heterocycles. The van der Waals surface area contributed by atoms with Gasteiger partial charge in [0, 0.05) is 19.0 Å². The van der Waals surface area contributed by atoms with Crippen molar-refractivity contribution in [2.45, 2.75) is 103 Å². The summed E-state index contributed by atoms with van der Waals surface area (Å²) in [4.78, 5) is 66.6. The number of carbonyl (C=O) groups is 5. The summed E-state index contributed by atoms with van der Waals surface area (Å²) in [6.07, 6.45) is 4.02. The number of benzene rings is 1. The van der Waals surface area contributed by atoms with E-state index < -0.39 is 41.4 Å². The predicted molar refractivity (Wildman–Crippen MR) is 168 cm³/mol. The molecule has 1 aromatic rings. The van der Waals surface area contributed by atoms with E-state index in [4.69, 9.17) is 11.1 Å². The van der Waals surface area contributed by atoms with Gasteiger partial charge in [0.1, 0.15) is 23.7 Å². The normalized spacial score (nSPS) is 24.5. The Bertz CT molecular complexity index is 1150. The Labute approximate surface area is 260 Å². The molecule has 0 radical (unpaired) electrons. The molecule has 0 aliphatic carbocycles. The van der Waals surface area contributed by atoms with Gasteiger partial charge >= 0.3 is 0 Å². The molecule has 1 saturated heterocycles. The van der Waals surface area contributed by atoms with Gasteiger partial charge in [-0.2, -0.15) is 0 Å². The average Bonchev–Trinajstić information content (AvgIpc) is 2.98. The fraction of sp³-hybridized carbons (Fsp3) is 0.613. The van der Waals surface area contributed by atoms with Crippen molar-refractivity contribution in [1.29, 1.82) is 5.41 Å². The van der Waals surface area contributed by atoms with Crippen LogP contribution in [0, 0.1) is 11.3 Å². The molecule has 0 saturated carbocycles. The van der Waals surface area contributed by atoms with Crippen LogP contribution in [0.25, 0.3) is 0 Å². The topological polar surface area (TPSA) is 207 Å². The average molecular weight is 615 g/mol. The Kier molecular flexibility index (Phi) is 14.6. The third kappa shape index (κ3) is 11.5. The second kappa shape index (κ2) is 17.8. The molecule has 4 atom stereocenters. The second-order valence-corrected chi connectivity index (χ2v) is 11.8. The van der Waals surface area contributed by atoms with Gasteiger partial charge in [-0.05, 0) is 44.6 Å². The minimum Gasteiger partial charge on any atom is -0.370 e. The van der Waals surface area contributed by atoms with Crippen LogP contribution < -0.4 is 37.6 Å². The number of rotatable bonds is 8.